The van der Waals surface area contributed by atoms with Gasteiger partial charge in [0.2, 0.25) is 0 Å². The van der Waals surface area contributed by atoms with Crippen molar-refractivity contribution < 1.29 is 13.7 Å². The first kappa shape index (κ1) is 25.4. The Kier molecular flexibility index (Phi) is 5.13. The molecule has 1 saturated heterocycles. The summed E-state index contributed by atoms with van der Waals surface area (Å²) in [5.41, 5.74) is 4.19. The molecule has 3 heterocycles. The van der Waals surface area contributed by atoms with Crippen LogP contribution in [0.3, 0.4) is 0 Å². The van der Waals surface area contributed by atoms with E-state index in [0.717, 1.165) is 27.4 Å². The minimum Gasteiger partial charge on any atom is -0.456 e. The summed E-state index contributed by atoms with van der Waals surface area (Å²) in [6.45, 7) is 8.33. The Morgan fingerprint density at radius 3 is 2.02 bits per heavy atom. The summed E-state index contributed by atoms with van der Waals surface area (Å²) in [4.78, 5) is 0. The summed E-state index contributed by atoms with van der Waals surface area (Å²) in [5, 5.41) is 9.77. The highest BCUT2D eigenvalue weighted by Crippen LogP contribution is 2.41. The first-order valence-corrected chi connectivity index (χ1v) is 15.7. The van der Waals surface area contributed by atoms with Gasteiger partial charge >= 0.3 is 7.12 Å². The first-order chi connectivity index (χ1) is 20.8. The number of fused-ring (bicyclic) bond motifs is 9. The van der Waals surface area contributed by atoms with Gasteiger partial charge in [0.25, 0.3) is 0 Å². The summed E-state index contributed by atoms with van der Waals surface area (Å²) in [6, 6.07) is 37.5. The highest BCUT2D eigenvalue weighted by Gasteiger charge is 2.52. The molecule has 0 N–H and O–H groups in total. The largest absolute Gasteiger partial charge is 0.498 e. The molecule has 5 heteroatoms. The van der Waals surface area contributed by atoms with Crippen molar-refractivity contribution in [3.8, 4) is 11.1 Å². The van der Waals surface area contributed by atoms with E-state index in [9.17, 15) is 0 Å². The van der Waals surface area contributed by atoms with Crippen molar-refractivity contribution in [3.05, 3.63) is 103 Å². The highest BCUT2D eigenvalue weighted by molar-refractivity contribution is 7.25. The molecule has 43 heavy (non-hydrogen) atoms. The van der Waals surface area contributed by atoms with Crippen molar-refractivity contribution in [2.75, 3.05) is 0 Å². The highest BCUT2D eigenvalue weighted by atomic mass is 32.1. The lowest BCUT2D eigenvalue weighted by molar-refractivity contribution is 0.00578. The molecule has 9 rings (SSSR count). The van der Waals surface area contributed by atoms with Gasteiger partial charge in [0.05, 0.1) is 11.2 Å². The maximum Gasteiger partial charge on any atom is 0.498 e. The van der Waals surface area contributed by atoms with Crippen LogP contribution in [0.2, 0.25) is 0 Å². The van der Waals surface area contributed by atoms with Gasteiger partial charge < -0.3 is 13.7 Å². The summed E-state index contributed by atoms with van der Waals surface area (Å²) in [5.74, 6) is 0. The molecule has 2 aromatic heterocycles. The predicted molar refractivity (Wildman–Crippen MR) is 183 cm³/mol. The molecule has 0 spiro atoms. The van der Waals surface area contributed by atoms with Crippen LogP contribution in [0, 0.1) is 0 Å². The Morgan fingerprint density at radius 2 is 1.23 bits per heavy atom. The van der Waals surface area contributed by atoms with E-state index in [4.69, 9.17) is 13.7 Å². The summed E-state index contributed by atoms with van der Waals surface area (Å²) in [6.07, 6.45) is 0. The molecule has 6 aromatic carbocycles. The molecule has 0 radical (unpaired) electrons. The standard InChI is InChI=1S/C38H29BO3S/c1-37(2)38(3,4)42-39(41-37)31-11-7-10-27-35-28-18-25(13-12-22(28)14-16-32(35)40-36(27)31)26-15-17-33-29(20-26)30-19-23-8-5-6-9-24(23)21-34(30)43-33/h5-21H,1-4H3. The second-order valence-corrected chi connectivity index (χ2v) is 13.9. The fraction of sp³-hybridized carbons (Fsp3) is 0.158. The zero-order chi connectivity index (χ0) is 29.1. The van der Waals surface area contributed by atoms with Gasteiger partial charge in [0, 0.05) is 36.4 Å². The Labute approximate surface area is 253 Å². The van der Waals surface area contributed by atoms with Gasteiger partial charge in [0.1, 0.15) is 11.2 Å². The Balaban J connectivity index is 1.22. The second-order valence-electron chi connectivity index (χ2n) is 12.8. The first-order valence-electron chi connectivity index (χ1n) is 14.8. The molecule has 208 valence electrons. The quantitative estimate of drug-likeness (QED) is 0.192. The van der Waals surface area contributed by atoms with Gasteiger partial charge in [-0.05, 0) is 96.8 Å². The molecule has 0 aliphatic carbocycles. The van der Waals surface area contributed by atoms with Crippen LogP contribution in [0.4, 0.5) is 0 Å². The van der Waals surface area contributed by atoms with Crippen LogP contribution in [0.1, 0.15) is 27.7 Å². The molecule has 3 nitrogen and oxygen atoms in total. The maximum absolute atomic E-state index is 6.56. The Morgan fingerprint density at radius 1 is 0.558 bits per heavy atom. The maximum atomic E-state index is 6.56. The van der Waals surface area contributed by atoms with E-state index in [0.29, 0.717) is 0 Å². The zero-order valence-corrected chi connectivity index (χ0v) is 25.3. The topological polar surface area (TPSA) is 31.6 Å². The minimum absolute atomic E-state index is 0.421. The van der Waals surface area contributed by atoms with Gasteiger partial charge in [-0.25, -0.2) is 0 Å². The molecular weight excluding hydrogens is 547 g/mol. The van der Waals surface area contributed by atoms with Crippen molar-refractivity contribution in [1.82, 2.24) is 0 Å². The van der Waals surface area contributed by atoms with Crippen molar-refractivity contribution in [2.45, 2.75) is 38.9 Å². The number of hydrogen-bond donors (Lipinski definition) is 0. The monoisotopic (exact) mass is 576 g/mol. The van der Waals surface area contributed by atoms with Crippen LogP contribution >= 0.6 is 11.3 Å². The molecule has 8 aromatic rings. The zero-order valence-electron chi connectivity index (χ0n) is 24.5. The molecule has 1 fully saturated rings. The summed E-state index contributed by atoms with van der Waals surface area (Å²) in [7, 11) is -0.486. The van der Waals surface area contributed by atoms with E-state index in [1.165, 1.54) is 52.8 Å². The molecule has 1 aliphatic heterocycles. The number of thiophene rings is 1. The second kappa shape index (κ2) is 8.70. The van der Waals surface area contributed by atoms with Crippen LogP contribution in [-0.2, 0) is 9.31 Å². The van der Waals surface area contributed by atoms with Crippen LogP contribution in [0.25, 0.3) is 74.8 Å². The van der Waals surface area contributed by atoms with E-state index in [2.05, 4.69) is 131 Å². The summed E-state index contributed by atoms with van der Waals surface area (Å²) >= 11 is 1.87. The smallest absolute Gasteiger partial charge is 0.456 e. The van der Waals surface area contributed by atoms with E-state index in [1.54, 1.807) is 0 Å². The van der Waals surface area contributed by atoms with Crippen LogP contribution in [0.15, 0.2) is 108 Å². The number of para-hydroxylation sites is 1. The van der Waals surface area contributed by atoms with Crippen molar-refractivity contribution >= 4 is 87.6 Å². The molecule has 0 bridgehead atoms. The van der Waals surface area contributed by atoms with Gasteiger partial charge in [-0.3, -0.25) is 0 Å². The molecule has 1 aliphatic rings. The van der Waals surface area contributed by atoms with Crippen LogP contribution < -0.4 is 5.46 Å². The molecule has 0 amide bonds. The van der Waals surface area contributed by atoms with Crippen molar-refractivity contribution in [1.29, 1.82) is 0 Å². The van der Waals surface area contributed by atoms with Crippen LogP contribution in [-0.4, -0.2) is 18.3 Å². The third-order valence-electron chi connectivity index (χ3n) is 9.69. The number of rotatable bonds is 2. The Hall–Kier alpha value is -4.16. The van der Waals surface area contributed by atoms with Crippen molar-refractivity contribution in [2.24, 2.45) is 0 Å². The fourth-order valence-electron chi connectivity index (χ4n) is 6.62. The Bertz CT molecular complexity index is 2410. The van der Waals surface area contributed by atoms with Gasteiger partial charge in [0.15, 0.2) is 0 Å². The fourth-order valence-corrected chi connectivity index (χ4v) is 7.73. The molecule has 0 atom stereocenters. The van der Waals surface area contributed by atoms with E-state index in [-0.39, 0.29) is 0 Å². The minimum atomic E-state index is -0.486. The average Bonchev–Trinajstić information content (AvgIpc) is 3.63. The number of furan rings is 1. The average molecular weight is 577 g/mol. The van der Waals surface area contributed by atoms with Crippen molar-refractivity contribution in [3.63, 3.8) is 0 Å². The SMILES string of the molecule is CC1(C)OB(c2cccc3c2oc2ccc4ccc(-c5ccc6sc7cc8ccccc8cc7c6c5)cc4c23)OC1(C)C. The van der Waals surface area contributed by atoms with Gasteiger partial charge in [-0.2, -0.15) is 0 Å². The third kappa shape index (κ3) is 3.69. The lowest BCUT2D eigenvalue weighted by atomic mass is 9.78. The van der Waals surface area contributed by atoms with Crippen LogP contribution in [0.5, 0.6) is 0 Å². The summed E-state index contributed by atoms with van der Waals surface area (Å²) < 4.78 is 22.0. The van der Waals surface area contributed by atoms with E-state index in [1.807, 2.05) is 11.3 Å². The molecule has 0 unspecified atom stereocenters. The molecular formula is C38H29BO3S. The number of hydrogen-bond acceptors (Lipinski definition) is 4. The third-order valence-corrected chi connectivity index (χ3v) is 10.8. The van der Waals surface area contributed by atoms with E-state index < -0.39 is 18.3 Å². The number of benzene rings is 6. The lowest BCUT2D eigenvalue weighted by Crippen LogP contribution is -2.41. The van der Waals surface area contributed by atoms with E-state index >= 15 is 0 Å². The normalized spacial score (nSPS) is 16.5. The van der Waals surface area contributed by atoms with Gasteiger partial charge in [-0.1, -0.05) is 66.7 Å². The predicted octanol–water partition coefficient (Wildman–Crippen LogP) is 10.2. The molecule has 0 saturated carbocycles. The lowest BCUT2D eigenvalue weighted by Gasteiger charge is -2.32. The van der Waals surface area contributed by atoms with Gasteiger partial charge in [-0.15, -0.1) is 11.3 Å².